The fourth-order valence-corrected chi connectivity index (χ4v) is 4.40. The Morgan fingerprint density at radius 3 is 2.10 bits per heavy atom. The van der Waals surface area contributed by atoms with Gasteiger partial charge in [0.2, 0.25) is 0 Å². The highest BCUT2D eigenvalue weighted by Gasteiger charge is 2.26. The number of rotatable bonds is 8. The van der Waals surface area contributed by atoms with Crippen LogP contribution in [0.2, 0.25) is 0 Å². The number of non-ortho nitro benzene ring substituents is 1. The molecule has 30 heavy (non-hydrogen) atoms. The summed E-state index contributed by atoms with van der Waals surface area (Å²) in [5.74, 6) is -0.488. The second-order valence-corrected chi connectivity index (χ2v) is 8.33. The Bertz CT molecular complexity index is 1110. The van der Waals surface area contributed by atoms with Gasteiger partial charge >= 0.3 is 0 Å². The molecule has 0 spiro atoms. The van der Waals surface area contributed by atoms with Crippen LogP contribution in [-0.2, 0) is 10.0 Å². The molecule has 0 N–H and O–H groups in total. The maximum atomic E-state index is 14.7. The number of sulfonamides is 1. The molecule has 3 aromatic carbocycles. The normalized spacial score (nSPS) is 12.3. The summed E-state index contributed by atoms with van der Waals surface area (Å²) in [5, 5.41) is 10.8. The van der Waals surface area contributed by atoms with Gasteiger partial charge in [0.05, 0.1) is 15.5 Å². The molecule has 0 aromatic heterocycles. The van der Waals surface area contributed by atoms with Gasteiger partial charge < -0.3 is 0 Å². The maximum Gasteiger partial charge on any atom is 0.269 e. The zero-order chi connectivity index (χ0) is 21.7. The van der Waals surface area contributed by atoms with E-state index in [4.69, 9.17) is 0 Å². The van der Waals surface area contributed by atoms with Gasteiger partial charge in [-0.25, -0.2) is 17.2 Å². The largest absolute Gasteiger partial charge is 0.269 e. The fourth-order valence-electron chi connectivity index (χ4n) is 2.92. The van der Waals surface area contributed by atoms with Gasteiger partial charge in [0, 0.05) is 25.1 Å². The summed E-state index contributed by atoms with van der Waals surface area (Å²) in [5.41, 5.74) is 0.347. The minimum Gasteiger partial charge on any atom is -0.266 e. The molecule has 0 heterocycles. The van der Waals surface area contributed by atoms with E-state index in [0.717, 1.165) is 40.7 Å². The van der Waals surface area contributed by atoms with E-state index in [0.29, 0.717) is 5.69 Å². The van der Waals surface area contributed by atoms with Crippen molar-refractivity contribution in [2.45, 2.75) is 17.5 Å². The van der Waals surface area contributed by atoms with Gasteiger partial charge in [-0.05, 0) is 42.0 Å². The molecule has 156 valence electrons. The van der Waals surface area contributed by atoms with Crippen molar-refractivity contribution in [2.24, 2.45) is 0 Å². The third-order valence-corrected chi connectivity index (χ3v) is 6.34. The molecule has 0 aliphatic carbocycles. The highest BCUT2D eigenvalue weighted by Crippen LogP contribution is 2.28. The third kappa shape index (κ3) is 4.80. The molecular formula is C21H18F2N2O4S. The molecule has 6 nitrogen and oxygen atoms in total. The average molecular weight is 432 g/mol. The first-order valence-corrected chi connectivity index (χ1v) is 10.4. The lowest BCUT2D eigenvalue weighted by Crippen LogP contribution is -2.32. The number of hydrogen-bond donors (Lipinski definition) is 0. The Balaban J connectivity index is 1.88. The van der Waals surface area contributed by atoms with E-state index in [1.54, 1.807) is 30.3 Å². The summed E-state index contributed by atoms with van der Waals surface area (Å²) in [6.07, 6.45) is -1.66. The minimum absolute atomic E-state index is 0.144. The molecule has 0 saturated heterocycles. The molecule has 0 amide bonds. The lowest BCUT2D eigenvalue weighted by molar-refractivity contribution is -0.384. The van der Waals surface area contributed by atoms with Crippen LogP contribution in [0.5, 0.6) is 0 Å². The molecular weight excluding hydrogens is 414 g/mol. The van der Waals surface area contributed by atoms with E-state index < -0.39 is 26.9 Å². The molecule has 3 rings (SSSR count). The predicted molar refractivity (Wildman–Crippen MR) is 109 cm³/mol. The van der Waals surface area contributed by atoms with Gasteiger partial charge in [-0.2, -0.15) is 0 Å². The Kier molecular flexibility index (Phi) is 6.41. The van der Waals surface area contributed by atoms with E-state index in [1.807, 2.05) is 0 Å². The predicted octanol–water partition coefficient (Wildman–Crippen LogP) is 5.03. The first-order valence-electron chi connectivity index (χ1n) is 9.01. The van der Waals surface area contributed by atoms with Crippen LogP contribution in [0.1, 0.15) is 18.2 Å². The van der Waals surface area contributed by atoms with E-state index in [-0.39, 0.29) is 29.1 Å². The van der Waals surface area contributed by atoms with Gasteiger partial charge in [0.1, 0.15) is 12.0 Å². The molecule has 9 heteroatoms. The van der Waals surface area contributed by atoms with Crippen LogP contribution in [0.3, 0.4) is 0 Å². The number of nitro benzene ring substituents is 1. The molecule has 0 aliphatic rings. The van der Waals surface area contributed by atoms with Crippen molar-refractivity contribution in [2.75, 3.05) is 10.8 Å². The quantitative estimate of drug-likeness (QED) is 0.369. The van der Waals surface area contributed by atoms with Crippen molar-refractivity contribution in [1.29, 1.82) is 0 Å². The number of para-hydroxylation sites is 1. The summed E-state index contributed by atoms with van der Waals surface area (Å²) in [7, 11) is -4.10. The van der Waals surface area contributed by atoms with Crippen molar-refractivity contribution in [1.82, 2.24) is 0 Å². The van der Waals surface area contributed by atoms with Gasteiger partial charge in [0.25, 0.3) is 15.7 Å². The van der Waals surface area contributed by atoms with Gasteiger partial charge in [0.15, 0.2) is 0 Å². The van der Waals surface area contributed by atoms with Crippen molar-refractivity contribution in [3.63, 3.8) is 0 Å². The van der Waals surface area contributed by atoms with E-state index >= 15 is 0 Å². The Morgan fingerprint density at radius 2 is 1.53 bits per heavy atom. The van der Waals surface area contributed by atoms with Crippen molar-refractivity contribution in [3.8, 4) is 0 Å². The van der Waals surface area contributed by atoms with Gasteiger partial charge in [-0.1, -0.05) is 30.3 Å². The SMILES string of the molecule is O=[N+]([O-])c1ccc(S(=O)(=O)N(CCC(F)c2ccc(F)cc2)c2ccccc2)cc1. The van der Waals surface area contributed by atoms with Crippen LogP contribution in [0.25, 0.3) is 0 Å². The Morgan fingerprint density at radius 1 is 0.933 bits per heavy atom. The summed E-state index contributed by atoms with van der Waals surface area (Å²) in [6.45, 7) is -0.179. The van der Waals surface area contributed by atoms with E-state index in [9.17, 15) is 27.3 Å². The lowest BCUT2D eigenvalue weighted by atomic mass is 10.1. The summed E-state index contributed by atoms with van der Waals surface area (Å²) in [6, 6.07) is 17.6. The fraction of sp³-hybridized carbons (Fsp3) is 0.143. The van der Waals surface area contributed by atoms with Crippen molar-refractivity contribution >= 4 is 21.4 Å². The molecule has 3 aromatic rings. The highest BCUT2D eigenvalue weighted by atomic mass is 32.2. The number of halogens is 2. The number of hydrogen-bond acceptors (Lipinski definition) is 4. The van der Waals surface area contributed by atoms with Crippen LogP contribution in [-0.4, -0.2) is 19.9 Å². The number of nitro groups is 1. The van der Waals surface area contributed by atoms with Gasteiger partial charge in [-0.15, -0.1) is 0 Å². The van der Waals surface area contributed by atoms with Crippen LogP contribution >= 0.6 is 0 Å². The third-order valence-electron chi connectivity index (χ3n) is 4.50. The zero-order valence-corrected chi connectivity index (χ0v) is 16.5. The number of alkyl halides is 1. The monoisotopic (exact) mass is 432 g/mol. The topological polar surface area (TPSA) is 80.5 Å². The molecule has 0 fully saturated rings. The molecule has 0 radical (unpaired) electrons. The maximum absolute atomic E-state index is 14.7. The molecule has 1 unspecified atom stereocenters. The first-order chi connectivity index (χ1) is 14.3. The lowest BCUT2D eigenvalue weighted by Gasteiger charge is -2.25. The molecule has 0 saturated carbocycles. The van der Waals surface area contributed by atoms with Crippen LogP contribution in [0.15, 0.2) is 83.8 Å². The molecule has 0 aliphatic heterocycles. The summed E-state index contributed by atoms with van der Waals surface area (Å²) >= 11 is 0. The van der Waals surface area contributed by atoms with E-state index in [1.165, 1.54) is 12.1 Å². The zero-order valence-electron chi connectivity index (χ0n) is 15.7. The minimum atomic E-state index is -4.10. The molecule has 1 atom stereocenters. The standard InChI is InChI=1S/C21H18F2N2O4S/c22-17-8-6-16(7-9-17)21(23)14-15-24(18-4-2-1-3-5-18)30(28,29)20-12-10-19(11-13-20)25(26)27/h1-13,21H,14-15H2. The highest BCUT2D eigenvalue weighted by molar-refractivity contribution is 7.92. The summed E-state index contributed by atoms with van der Waals surface area (Å²) in [4.78, 5) is 10.1. The second-order valence-electron chi connectivity index (χ2n) is 6.47. The summed E-state index contributed by atoms with van der Waals surface area (Å²) < 4.78 is 55.2. The Hall–Kier alpha value is -3.33. The second kappa shape index (κ2) is 9.00. The number of benzene rings is 3. The average Bonchev–Trinajstić information content (AvgIpc) is 2.75. The number of anilines is 1. The smallest absolute Gasteiger partial charge is 0.266 e. The van der Waals surface area contributed by atoms with Crippen molar-refractivity contribution < 1.29 is 22.1 Å². The number of nitrogens with zero attached hydrogens (tertiary/aromatic N) is 2. The first kappa shape index (κ1) is 21.4. The van der Waals surface area contributed by atoms with Crippen molar-refractivity contribution in [3.05, 3.63) is 100 Å². The van der Waals surface area contributed by atoms with Crippen LogP contribution < -0.4 is 4.31 Å². The van der Waals surface area contributed by atoms with Crippen LogP contribution in [0.4, 0.5) is 20.2 Å². The molecule has 0 bridgehead atoms. The Labute approximate surface area is 172 Å². The van der Waals surface area contributed by atoms with Crippen LogP contribution in [0, 0.1) is 15.9 Å². The van der Waals surface area contributed by atoms with Gasteiger partial charge in [-0.3, -0.25) is 14.4 Å². The van der Waals surface area contributed by atoms with E-state index in [2.05, 4.69) is 0 Å².